The van der Waals surface area contributed by atoms with Crippen molar-refractivity contribution < 1.29 is 13.9 Å². The van der Waals surface area contributed by atoms with Crippen molar-refractivity contribution in [3.05, 3.63) is 89.7 Å². The van der Waals surface area contributed by atoms with Crippen LogP contribution in [0.5, 0.6) is 11.5 Å². The van der Waals surface area contributed by atoms with Crippen LogP contribution >= 0.6 is 0 Å². The number of ether oxygens (including phenoxy) is 1. The van der Waals surface area contributed by atoms with E-state index in [9.17, 15) is 9.18 Å². The molecule has 120 valence electrons. The number of benzene rings is 3. The molecular formula is C20H16FNO2. The SMILES string of the molecule is Cc1cc(F)ccc1C(=O)Nc1ccc(Oc2ccccc2)cc1. The van der Waals surface area contributed by atoms with Crippen molar-refractivity contribution in [3.8, 4) is 11.5 Å². The summed E-state index contributed by atoms with van der Waals surface area (Å²) in [5.74, 6) is 0.795. The number of para-hydroxylation sites is 1. The second-order valence-electron chi connectivity index (χ2n) is 5.35. The Morgan fingerprint density at radius 1 is 0.917 bits per heavy atom. The molecule has 24 heavy (non-hydrogen) atoms. The second-order valence-corrected chi connectivity index (χ2v) is 5.35. The van der Waals surface area contributed by atoms with Gasteiger partial charge in [0.1, 0.15) is 17.3 Å². The van der Waals surface area contributed by atoms with E-state index >= 15 is 0 Å². The van der Waals surface area contributed by atoms with E-state index in [1.807, 2.05) is 30.3 Å². The van der Waals surface area contributed by atoms with Gasteiger partial charge in [-0.05, 0) is 67.1 Å². The molecule has 3 aromatic carbocycles. The Morgan fingerprint density at radius 2 is 1.58 bits per heavy atom. The first kappa shape index (κ1) is 15.7. The first-order valence-corrected chi connectivity index (χ1v) is 7.52. The number of rotatable bonds is 4. The molecule has 0 aliphatic carbocycles. The molecule has 3 nitrogen and oxygen atoms in total. The van der Waals surface area contributed by atoms with Crippen LogP contribution in [0.2, 0.25) is 0 Å². The number of hydrogen-bond acceptors (Lipinski definition) is 2. The third-order valence-electron chi connectivity index (χ3n) is 3.52. The minimum Gasteiger partial charge on any atom is -0.457 e. The van der Waals surface area contributed by atoms with Crippen molar-refractivity contribution in [2.24, 2.45) is 0 Å². The zero-order chi connectivity index (χ0) is 16.9. The van der Waals surface area contributed by atoms with Crippen LogP contribution in [-0.4, -0.2) is 5.91 Å². The zero-order valence-corrected chi connectivity index (χ0v) is 13.1. The van der Waals surface area contributed by atoms with E-state index in [1.165, 1.54) is 18.2 Å². The van der Waals surface area contributed by atoms with Crippen molar-refractivity contribution in [1.82, 2.24) is 0 Å². The Hall–Kier alpha value is -3.14. The summed E-state index contributed by atoms with van der Waals surface area (Å²) in [6, 6.07) is 20.6. The highest BCUT2D eigenvalue weighted by atomic mass is 19.1. The highest BCUT2D eigenvalue weighted by Crippen LogP contribution is 2.23. The normalized spacial score (nSPS) is 10.2. The Balaban J connectivity index is 1.68. The van der Waals surface area contributed by atoms with E-state index in [1.54, 1.807) is 31.2 Å². The van der Waals surface area contributed by atoms with Crippen molar-refractivity contribution in [3.63, 3.8) is 0 Å². The molecule has 0 atom stereocenters. The molecule has 1 N–H and O–H groups in total. The van der Waals surface area contributed by atoms with Crippen molar-refractivity contribution in [2.75, 3.05) is 5.32 Å². The van der Waals surface area contributed by atoms with Crippen LogP contribution in [0.3, 0.4) is 0 Å². The van der Waals surface area contributed by atoms with Crippen LogP contribution < -0.4 is 10.1 Å². The van der Waals surface area contributed by atoms with Gasteiger partial charge in [0.05, 0.1) is 0 Å². The molecule has 0 unspecified atom stereocenters. The van der Waals surface area contributed by atoms with Crippen LogP contribution in [0.1, 0.15) is 15.9 Å². The van der Waals surface area contributed by atoms with Gasteiger partial charge in [0.2, 0.25) is 0 Å². The molecule has 1 amide bonds. The monoisotopic (exact) mass is 321 g/mol. The first-order chi connectivity index (χ1) is 11.6. The summed E-state index contributed by atoms with van der Waals surface area (Å²) < 4.78 is 18.8. The summed E-state index contributed by atoms with van der Waals surface area (Å²) >= 11 is 0. The summed E-state index contributed by atoms with van der Waals surface area (Å²) in [5.41, 5.74) is 1.68. The van der Waals surface area contributed by atoms with Crippen molar-refractivity contribution in [2.45, 2.75) is 6.92 Å². The third-order valence-corrected chi connectivity index (χ3v) is 3.52. The highest BCUT2D eigenvalue weighted by molar-refractivity contribution is 6.05. The van der Waals surface area contributed by atoms with E-state index in [4.69, 9.17) is 4.74 Å². The maximum Gasteiger partial charge on any atom is 0.255 e. The molecule has 0 fully saturated rings. The van der Waals surface area contributed by atoms with Crippen LogP contribution in [0.25, 0.3) is 0 Å². The molecule has 4 heteroatoms. The van der Waals surface area contributed by atoms with Gasteiger partial charge in [-0.1, -0.05) is 18.2 Å². The summed E-state index contributed by atoms with van der Waals surface area (Å²) in [7, 11) is 0. The van der Waals surface area contributed by atoms with Gasteiger partial charge >= 0.3 is 0 Å². The number of amides is 1. The minimum atomic E-state index is -0.355. The summed E-state index contributed by atoms with van der Waals surface area (Å²) in [6.45, 7) is 1.70. The molecule has 0 saturated carbocycles. The number of hydrogen-bond donors (Lipinski definition) is 1. The van der Waals surface area contributed by atoms with Crippen molar-refractivity contribution >= 4 is 11.6 Å². The third kappa shape index (κ3) is 3.79. The molecule has 0 heterocycles. The van der Waals surface area contributed by atoms with Gasteiger partial charge in [0.15, 0.2) is 0 Å². The van der Waals surface area contributed by atoms with Crippen molar-refractivity contribution in [1.29, 1.82) is 0 Å². The lowest BCUT2D eigenvalue weighted by molar-refractivity contribution is 0.102. The maximum atomic E-state index is 13.1. The fraction of sp³-hybridized carbons (Fsp3) is 0.0500. The summed E-state index contributed by atoms with van der Waals surface area (Å²) in [5, 5.41) is 2.79. The highest BCUT2D eigenvalue weighted by Gasteiger charge is 2.10. The van der Waals surface area contributed by atoms with E-state index in [0.717, 1.165) is 5.75 Å². The second kappa shape index (κ2) is 6.96. The molecule has 0 radical (unpaired) electrons. The maximum absolute atomic E-state index is 13.1. The Kier molecular flexibility index (Phi) is 4.57. The van der Waals surface area contributed by atoms with Gasteiger partial charge in [-0.3, -0.25) is 4.79 Å². The lowest BCUT2D eigenvalue weighted by Gasteiger charge is -2.09. The molecule has 0 aromatic heterocycles. The first-order valence-electron chi connectivity index (χ1n) is 7.52. The topological polar surface area (TPSA) is 38.3 Å². The van der Waals surface area contributed by atoms with E-state index in [-0.39, 0.29) is 11.7 Å². The molecule has 3 aromatic rings. The predicted octanol–water partition coefficient (Wildman–Crippen LogP) is 5.18. The Bertz CT molecular complexity index is 845. The number of halogens is 1. The molecular weight excluding hydrogens is 305 g/mol. The fourth-order valence-electron chi connectivity index (χ4n) is 2.31. The van der Waals surface area contributed by atoms with Crippen LogP contribution in [0.4, 0.5) is 10.1 Å². The standard InChI is InChI=1S/C20H16FNO2/c1-14-13-15(21)7-12-19(14)20(23)22-16-8-10-18(11-9-16)24-17-5-3-2-4-6-17/h2-13H,1H3,(H,22,23). The number of nitrogens with one attached hydrogen (secondary N) is 1. The zero-order valence-electron chi connectivity index (χ0n) is 13.1. The molecule has 0 aliphatic rings. The fourth-order valence-corrected chi connectivity index (χ4v) is 2.31. The smallest absolute Gasteiger partial charge is 0.255 e. The van der Waals surface area contributed by atoms with Gasteiger partial charge in [-0.25, -0.2) is 4.39 Å². The van der Waals surface area contributed by atoms with E-state index < -0.39 is 0 Å². The Labute approximate surface area is 139 Å². The quantitative estimate of drug-likeness (QED) is 0.719. The molecule has 0 spiro atoms. The van der Waals surface area contributed by atoms with Crippen LogP contribution in [0, 0.1) is 12.7 Å². The molecule has 0 bridgehead atoms. The summed E-state index contributed by atoms with van der Waals surface area (Å²) in [6.07, 6.45) is 0. The van der Waals surface area contributed by atoms with Crippen LogP contribution in [0.15, 0.2) is 72.8 Å². The number of carbonyl (C=O) groups is 1. The largest absolute Gasteiger partial charge is 0.457 e. The van der Waals surface area contributed by atoms with E-state index in [2.05, 4.69) is 5.32 Å². The van der Waals surface area contributed by atoms with E-state index in [0.29, 0.717) is 22.6 Å². The number of anilines is 1. The van der Waals surface area contributed by atoms with Gasteiger partial charge in [-0.2, -0.15) is 0 Å². The molecule has 0 aliphatic heterocycles. The molecule has 3 rings (SSSR count). The average molecular weight is 321 g/mol. The minimum absolute atomic E-state index is 0.274. The Morgan fingerprint density at radius 3 is 2.25 bits per heavy atom. The molecule has 0 saturated heterocycles. The van der Waals surface area contributed by atoms with Gasteiger partial charge in [0, 0.05) is 11.3 Å². The lowest BCUT2D eigenvalue weighted by atomic mass is 10.1. The van der Waals surface area contributed by atoms with Gasteiger partial charge in [-0.15, -0.1) is 0 Å². The number of aryl methyl sites for hydroxylation is 1. The average Bonchev–Trinajstić information content (AvgIpc) is 2.57. The summed E-state index contributed by atoms with van der Waals surface area (Å²) in [4.78, 5) is 12.3. The van der Waals surface area contributed by atoms with Gasteiger partial charge in [0.25, 0.3) is 5.91 Å². The van der Waals surface area contributed by atoms with Crippen LogP contribution in [-0.2, 0) is 0 Å². The lowest BCUT2D eigenvalue weighted by Crippen LogP contribution is -2.13. The van der Waals surface area contributed by atoms with Gasteiger partial charge < -0.3 is 10.1 Å². The predicted molar refractivity (Wildman–Crippen MR) is 92.0 cm³/mol. The number of carbonyl (C=O) groups excluding carboxylic acids is 1.